The molecule has 0 saturated heterocycles. The maximum absolute atomic E-state index is 5.94. The monoisotopic (exact) mass is 357 g/mol. The lowest BCUT2D eigenvalue weighted by Gasteiger charge is -2.13. The summed E-state index contributed by atoms with van der Waals surface area (Å²) in [5.74, 6) is 0.945. The predicted octanol–water partition coefficient (Wildman–Crippen LogP) is 4.81. The van der Waals surface area contributed by atoms with Crippen LogP contribution in [0.25, 0.3) is 11.0 Å². The Balaban J connectivity index is 1.62. The average molecular weight is 357 g/mol. The Morgan fingerprint density at radius 3 is 2.70 bits per heavy atom. The van der Waals surface area contributed by atoms with Crippen molar-refractivity contribution < 1.29 is 4.74 Å². The minimum Gasteiger partial charge on any atom is -0.369 e. The number of fused-ring (bicyclic) bond motifs is 1. The molecule has 4 nitrogen and oxygen atoms in total. The van der Waals surface area contributed by atoms with Gasteiger partial charge in [-0.25, -0.2) is 4.98 Å². The van der Waals surface area contributed by atoms with Gasteiger partial charge in [0.2, 0.25) is 0 Å². The van der Waals surface area contributed by atoms with Crippen LogP contribution in [0.5, 0.6) is 0 Å². The quantitative estimate of drug-likeness (QED) is 0.497. The Hall–Kier alpha value is -2.98. The lowest BCUT2D eigenvalue weighted by Crippen LogP contribution is -2.08. The number of benzene rings is 2. The lowest BCUT2D eigenvalue weighted by atomic mass is 10.1. The van der Waals surface area contributed by atoms with E-state index in [1.54, 1.807) is 6.20 Å². The first-order chi connectivity index (χ1) is 13.2. The van der Waals surface area contributed by atoms with Crippen LogP contribution >= 0.6 is 0 Å². The molecule has 0 unspecified atom stereocenters. The molecule has 4 aromatic rings. The van der Waals surface area contributed by atoms with Crippen LogP contribution in [-0.4, -0.2) is 14.5 Å². The van der Waals surface area contributed by atoms with Gasteiger partial charge in [-0.05, 0) is 48.7 Å². The summed E-state index contributed by atoms with van der Waals surface area (Å²) in [6, 6.07) is 18.8. The number of ether oxygens (including phenoxy) is 1. The van der Waals surface area contributed by atoms with Crippen molar-refractivity contribution in [2.45, 2.75) is 33.6 Å². The van der Waals surface area contributed by atoms with Gasteiger partial charge >= 0.3 is 0 Å². The zero-order chi connectivity index (χ0) is 18.6. The second kappa shape index (κ2) is 7.72. The zero-order valence-corrected chi connectivity index (χ0v) is 15.7. The Kier molecular flexibility index (Phi) is 4.99. The fourth-order valence-corrected chi connectivity index (χ4v) is 3.30. The van der Waals surface area contributed by atoms with Crippen LogP contribution in [0, 0.1) is 13.8 Å². The van der Waals surface area contributed by atoms with E-state index in [0.29, 0.717) is 13.2 Å². The Labute approximate surface area is 159 Å². The van der Waals surface area contributed by atoms with Gasteiger partial charge < -0.3 is 9.30 Å². The van der Waals surface area contributed by atoms with Crippen LogP contribution in [0.15, 0.2) is 67.0 Å². The van der Waals surface area contributed by atoms with E-state index in [9.17, 15) is 0 Å². The van der Waals surface area contributed by atoms with Crippen molar-refractivity contribution in [1.29, 1.82) is 0 Å². The van der Waals surface area contributed by atoms with Crippen molar-refractivity contribution in [3.8, 4) is 0 Å². The van der Waals surface area contributed by atoms with Gasteiger partial charge in [0, 0.05) is 18.9 Å². The molecule has 2 aromatic heterocycles. The summed E-state index contributed by atoms with van der Waals surface area (Å²) in [6.45, 7) is 6.08. The molecule has 0 aliphatic rings. The van der Waals surface area contributed by atoms with E-state index in [-0.39, 0.29) is 0 Å². The molecule has 4 heteroatoms. The highest BCUT2D eigenvalue weighted by Crippen LogP contribution is 2.21. The number of rotatable bonds is 6. The van der Waals surface area contributed by atoms with E-state index in [1.165, 1.54) is 16.7 Å². The molecule has 0 N–H and O–H groups in total. The van der Waals surface area contributed by atoms with Gasteiger partial charge in [-0.1, -0.05) is 42.0 Å². The Bertz CT molecular complexity index is 1050. The lowest BCUT2D eigenvalue weighted by molar-refractivity contribution is 0.0997. The first-order valence-corrected chi connectivity index (χ1v) is 9.17. The number of pyridine rings is 1. The smallest absolute Gasteiger partial charge is 0.136 e. The number of hydrogen-bond donors (Lipinski definition) is 0. The summed E-state index contributed by atoms with van der Waals surface area (Å²) >= 11 is 0. The van der Waals surface area contributed by atoms with E-state index in [1.807, 2.05) is 24.4 Å². The molecule has 136 valence electrons. The molecule has 4 rings (SSSR count). The molecular weight excluding hydrogens is 334 g/mol. The van der Waals surface area contributed by atoms with Crippen LogP contribution in [0.3, 0.4) is 0 Å². The van der Waals surface area contributed by atoms with Gasteiger partial charge in [0.25, 0.3) is 0 Å². The van der Waals surface area contributed by atoms with Gasteiger partial charge in [0.05, 0.1) is 17.6 Å². The third kappa shape index (κ3) is 3.91. The summed E-state index contributed by atoms with van der Waals surface area (Å²) in [6.07, 6.45) is 3.60. The van der Waals surface area contributed by atoms with Crippen molar-refractivity contribution in [1.82, 2.24) is 14.5 Å². The van der Waals surface area contributed by atoms with Gasteiger partial charge in [-0.15, -0.1) is 0 Å². The van der Waals surface area contributed by atoms with E-state index < -0.39 is 0 Å². The van der Waals surface area contributed by atoms with Crippen molar-refractivity contribution in [2.75, 3.05) is 0 Å². The second-order valence-electron chi connectivity index (χ2n) is 6.89. The molecule has 2 aromatic carbocycles. The molecule has 2 heterocycles. The summed E-state index contributed by atoms with van der Waals surface area (Å²) in [5, 5.41) is 0. The standard InChI is InChI=1S/C23H23N3O/c1-17-9-10-18(2)20(12-17)14-26-22-8-4-3-7-21(22)25-23(26)16-27-15-19-6-5-11-24-13-19/h3-13H,14-16H2,1-2H3. The highest BCUT2D eigenvalue weighted by Gasteiger charge is 2.12. The topological polar surface area (TPSA) is 39.9 Å². The van der Waals surface area contributed by atoms with Gasteiger partial charge in [0.1, 0.15) is 12.4 Å². The average Bonchev–Trinajstić information content (AvgIpc) is 3.03. The number of aryl methyl sites for hydroxylation is 2. The van der Waals surface area contributed by atoms with Crippen LogP contribution < -0.4 is 0 Å². The number of para-hydroxylation sites is 2. The highest BCUT2D eigenvalue weighted by molar-refractivity contribution is 5.76. The molecule has 0 saturated carbocycles. The van der Waals surface area contributed by atoms with Crippen molar-refractivity contribution in [3.63, 3.8) is 0 Å². The van der Waals surface area contributed by atoms with E-state index in [4.69, 9.17) is 9.72 Å². The number of imidazole rings is 1. The molecule has 0 aliphatic carbocycles. The van der Waals surface area contributed by atoms with Crippen LogP contribution in [-0.2, 0) is 24.5 Å². The van der Waals surface area contributed by atoms with Crippen LogP contribution in [0.1, 0.15) is 28.1 Å². The summed E-state index contributed by atoms with van der Waals surface area (Å²) in [7, 11) is 0. The fourth-order valence-electron chi connectivity index (χ4n) is 3.30. The minimum absolute atomic E-state index is 0.467. The minimum atomic E-state index is 0.467. The number of hydrogen-bond acceptors (Lipinski definition) is 3. The molecule has 0 fully saturated rings. The first-order valence-electron chi connectivity index (χ1n) is 9.17. The summed E-state index contributed by atoms with van der Waals surface area (Å²) in [4.78, 5) is 8.95. The van der Waals surface area contributed by atoms with Crippen LogP contribution in [0.2, 0.25) is 0 Å². The molecule has 0 aliphatic heterocycles. The van der Waals surface area contributed by atoms with Crippen LogP contribution in [0.4, 0.5) is 0 Å². The summed E-state index contributed by atoms with van der Waals surface area (Å²) < 4.78 is 8.21. The maximum Gasteiger partial charge on any atom is 0.136 e. The molecule has 0 bridgehead atoms. The Morgan fingerprint density at radius 1 is 0.963 bits per heavy atom. The van der Waals surface area contributed by atoms with E-state index in [2.05, 4.69) is 59.8 Å². The van der Waals surface area contributed by atoms with E-state index in [0.717, 1.165) is 29.0 Å². The second-order valence-corrected chi connectivity index (χ2v) is 6.89. The summed E-state index contributed by atoms with van der Waals surface area (Å²) in [5.41, 5.74) is 7.08. The molecule has 0 radical (unpaired) electrons. The largest absolute Gasteiger partial charge is 0.369 e. The molecule has 0 amide bonds. The third-order valence-corrected chi connectivity index (χ3v) is 4.79. The molecule has 0 spiro atoms. The van der Waals surface area contributed by atoms with Gasteiger partial charge in [-0.2, -0.15) is 0 Å². The number of nitrogens with zero attached hydrogens (tertiary/aromatic N) is 3. The Morgan fingerprint density at radius 2 is 1.85 bits per heavy atom. The van der Waals surface area contributed by atoms with Crippen molar-refractivity contribution in [3.05, 3.63) is 95.1 Å². The van der Waals surface area contributed by atoms with Gasteiger partial charge in [0.15, 0.2) is 0 Å². The number of aromatic nitrogens is 3. The zero-order valence-electron chi connectivity index (χ0n) is 15.7. The SMILES string of the molecule is Cc1ccc(C)c(Cn2c(COCc3cccnc3)nc3ccccc32)c1. The third-order valence-electron chi connectivity index (χ3n) is 4.79. The maximum atomic E-state index is 5.94. The van der Waals surface area contributed by atoms with Crippen molar-refractivity contribution >= 4 is 11.0 Å². The van der Waals surface area contributed by atoms with E-state index >= 15 is 0 Å². The first kappa shape index (κ1) is 17.4. The van der Waals surface area contributed by atoms with Gasteiger partial charge in [-0.3, -0.25) is 4.98 Å². The molecule has 0 atom stereocenters. The molecular formula is C23H23N3O. The molecule has 27 heavy (non-hydrogen) atoms. The highest BCUT2D eigenvalue weighted by atomic mass is 16.5. The normalized spacial score (nSPS) is 11.2. The van der Waals surface area contributed by atoms with Crippen molar-refractivity contribution in [2.24, 2.45) is 0 Å². The fraction of sp³-hybridized carbons (Fsp3) is 0.217. The predicted molar refractivity (Wildman–Crippen MR) is 107 cm³/mol.